The third-order valence-electron chi connectivity index (χ3n) is 2.34. The Balaban J connectivity index is 3.85. The van der Waals surface area contributed by atoms with Crippen LogP contribution in [0.2, 0.25) is 0 Å². The Morgan fingerprint density at radius 3 is 1.35 bits per heavy atom. The van der Waals surface area contributed by atoms with E-state index in [4.69, 9.17) is 19.7 Å². The summed E-state index contributed by atoms with van der Waals surface area (Å²) >= 11 is 0. The lowest BCUT2D eigenvalue weighted by Crippen LogP contribution is -2.23. The molecule has 0 aromatic carbocycles. The molecule has 2 N–H and O–H groups in total. The fourth-order valence-corrected chi connectivity index (χ4v) is 1.26. The van der Waals surface area contributed by atoms with Gasteiger partial charge in [-0.15, -0.1) is 0 Å². The fraction of sp³-hybridized carbons (Fsp3) is 0.667. The van der Waals surface area contributed by atoms with Crippen molar-refractivity contribution in [1.82, 2.24) is 0 Å². The van der Waals surface area contributed by atoms with Crippen LogP contribution in [0.1, 0.15) is 26.7 Å². The van der Waals surface area contributed by atoms with Gasteiger partial charge in [-0.3, -0.25) is 19.2 Å². The molecule has 0 aliphatic heterocycles. The summed E-state index contributed by atoms with van der Waals surface area (Å²) in [6.45, 7) is 2.43. The van der Waals surface area contributed by atoms with Gasteiger partial charge < -0.3 is 19.7 Å². The molecule has 8 nitrogen and oxygen atoms in total. The van der Waals surface area contributed by atoms with Crippen molar-refractivity contribution in [3.05, 3.63) is 0 Å². The van der Waals surface area contributed by atoms with Gasteiger partial charge in [0.25, 0.3) is 0 Å². The number of carbonyl (C=O) groups excluding carboxylic acids is 2. The maximum Gasteiger partial charge on any atom is 0.309 e. The van der Waals surface area contributed by atoms with Crippen molar-refractivity contribution in [2.75, 3.05) is 13.2 Å². The van der Waals surface area contributed by atoms with Crippen molar-refractivity contribution in [2.24, 2.45) is 11.8 Å². The minimum Gasteiger partial charge on any atom is -0.481 e. The van der Waals surface area contributed by atoms with Crippen LogP contribution in [-0.2, 0) is 28.7 Å². The van der Waals surface area contributed by atoms with E-state index in [1.807, 2.05) is 0 Å². The standard InChI is InChI=1S/C12H18O8/c1-7(5-9(13)14)11(17)19-3-4-20-12(18)8(2)6-10(15)16/h7-8H,3-6H2,1-2H3,(H,13,14)(H,15,16). The first-order chi connectivity index (χ1) is 9.23. The summed E-state index contributed by atoms with van der Waals surface area (Å²) in [7, 11) is 0. The van der Waals surface area contributed by atoms with E-state index in [1.54, 1.807) is 0 Å². The summed E-state index contributed by atoms with van der Waals surface area (Å²) in [5.41, 5.74) is 0. The number of hydrogen-bond acceptors (Lipinski definition) is 6. The van der Waals surface area contributed by atoms with Crippen LogP contribution in [0, 0.1) is 11.8 Å². The molecule has 114 valence electrons. The summed E-state index contributed by atoms with van der Waals surface area (Å²) in [5, 5.41) is 17.0. The molecule has 0 aromatic rings. The van der Waals surface area contributed by atoms with E-state index in [2.05, 4.69) is 0 Å². The normalized spacial score (nSPS) is 13.1. The Morgan fingerprint density at radius 2 is 1.10 bits per heavy atom. The van der Waals surface area contributed by atoms with Gasteiger partial charge in [-0.1, -0.05) is 13.8 Å². The molecule has 0 aromatic heterocycles. The molecule has 2 atom stereocenters. The molecular weight excluding hydrogens is 272 g/mol. The SMILES string of the molecule is CC(CC(=O)O)C(=O)OCCOC(=O)C(C)CC(=O)O. The van der Waals surface area contributed by atoms with E-state index < -0.39 is 35.7 Å². The highest BCUT2D eigenvalue weighted by Crippen LogP contribution is 2.06. The maximum absolute atomic E-state index is 11.3. The first-order valence-electron chi connectivity index (χ1n) is 6.00. The highest BCUT2D eigenvalue weighted by Gasteiger charge is 2.19. The van der Waals surface area contributed by atoms with Crippen LogP contribution < -0.4 is 0 Å². The molecule has 8 heteroatoms. The smallest absolute Gasteiger partial charge is 0.309 e. The molecule has 0 fully saturated rings. The second kappa shape index (κ2) is 8.89. The number of esters is 2. The number of aliphatic carboxylic acids is 2. The van der Waals surface area contributed by atoms with Crippen LogP contribution >= 0.6 is 0 Å². The van der Waals surface area contributed by atoms with E-state index in [0.717, 1.165) is 0 Å². The van der Waals surface area contributed by atoms with Crippen LogP contribution in [0.5, 0.6) is 0 Å². The van der Waals surface area contributed by atoms with Gasteiger partial charge in [0.05, 0.1) is 24.7 Å². The molecule has 0 aliphatic carbocycles. The van der Waals surface area contributed by atoms with Gasteiger partial charge in [-0.25, -0.2) is 0 Å². The zero-order chi connectivity index (χ0) is 15.7. The zero-order valence-corrected chi connectivity index (χ0v) is 11.3. The van der Waals surface area contributed by atoms with E-state index >= 15 is 0 Å². The lowest BCUT2D eigenvalue weighted by Gasteiger charge is -2.11. The monoisotopic (exact) mass is 290 g/mol. The molecule has 0 spiro atoms. The van der Waals surface area contributed by atoms with E-state index in [1.165, 1.54) is 13.8 Å². The average Bonchev–Trinajstić information content (AvgIpc) is 2.32. The van der Waals surface area contributed by atoms with Crippen molar-refractivity contribution < 1.29 is 38.9 Å². The molecule has 0 amide bonds. The number of carboxylic acid groups (broad SMARTS) is 2. The van der Waals surface area contributed by atoms with E-state index in [0.29, 0.717) is 0 Å². The van der Waals surface area contributed by atoms with Gasteiger partial charge in [0.2, 0.25) is 0 Å². The third kappa shape index (κ3) is 8.06. The largest absolute Gasteiger partial charge is 0.481 e. The van der Waals surface area contributed by atoms with Crippen LogP contribution in [-0.4, -0.2) is 47.3 Å². The summed E-state index contributed by atoms with van der Waals surface area (Å²) in [6, 6.07) is 0. The Hall–Kier alpha value is -2.12. The average molecular weight is 290 g/mol. The minimum atomic E-state index is -1.11. The van der Waals surface area contributed by atoms with Gasteiger partial charge in [0, 0.05) is 0 Å². The Labute approximate surface area is 115 Å². The highest BCUT2D eigenvalue weighted by atomic mass is 16.6. The third-order valence-corrected chi connectivity index (χ3v) is 2.34. The Kier molecular flexibility index (Phi) is 7.95. The minimum absolute atomic E-state index is 0.200. The van der Waals surface area contributed by atoms with Crippen molar-refractivity contribution in [3.8, 4) is 0 Å². The number of carboxylic acids is 2. The van der Waals surface area contributed by atoms with Crippen LogP contribution in [0.3, 0.4) is 0 Å². The van der Waals surface area contributed by atoms with Gasteiger partial charge in [0.15, 0.2) is 0 Å². The van der Waals surface area contributed by atoms with Crippen molar-refractivity contribution in [3.63, 3.8) is 0 Å². The fourth-order valence-electron chi connectivity index (χ4n) is 1.26. The van der Waals surface area contributed by atoms with E-state index in [9.17, 15) is 19.2 Å². The Bertz CT molecular complexity index is 340. The van der Waals surface area contributed by atoms with E-state index in [-0.39, 0.29) is 26.1 Å². The second-order valence-electron chi connectivity index (χ2n) is 4.33. The first kappa shape index (κ1) is 17.9. The highest BCUT2D eigenvalue weighted by molar-refractivity contribution is 5.79. The number of ether oxygens (including phenoxy) is 2. The van der Waals surface area contributed by atoms with Crippen molar-refractivity contribution in [1.29, 1.82) is 0 Å². The molecule has 0 saturated carbocycles. The maximum atomic E-state index is 11.3. The molecule has 0 bridgehead atoms. The van der Waals surface area contributed by atoms with Crippen LogP contribution in [0.15, 0.2) is 0 Å². The summed E-state index contributed by atoms with van der Waals surface area (Å²) in [6.07, 6.45) is -0.678. The molecule has 0 saturated heterocycles. The first-order valence-corrected chi connectivity index (χ1v) is 6.00. The molecular formula is C12H18O8. The Morgan fingerprint density at radius 1 is 0.800 bits per heavy atom. The van der Waals surface area contributed by atoms with Gasteiger partial charge in [-0.05, 0) is 0 Å². The van der Waals surface area contributed by atoms with Gasteiger partial charge in [-0.2, -0.15) is 0 Å². The molecule has 0 heterocycles. The van der Waals surface area contributed by atoms with Crippen molar-refractivity contribution >= 4 is 23.9 Å². The quantitative estimate of drug-likeness (QED) is 0.458. The zero-order valence-electron chi connectivity index (χ0n) is 11.3. The summed E-state index contributed by atoms with van der Waals surface area (Å²) in [5.74, 6) is -5.17. The molecule has 2 unspecified atom stereocenters. The lowest BCUT2D eigenvalue weighted by molar-refractivity contribution is -0.159. The number of carbonyl (C=O) groups is 4. The topological polar surface area (TPSA) is 127 Å². The molecule has 0 rings (SSSR count). The van der Waals surface area contributed by atoms with Gasteiger partial charge >= 0.3 is 23.9 Å². The molecule has 0 aliphatic rings. The molecule has 0 radical (unpaired) electrons. The number of rotatable bonds is 9. The predicted octanol–water partition coefficient (Wildman–Crippen LogP) is 0.294. The van der Waals surface area contributed by atoms with Gasteiger partial charge in [0.1, 0.15) is 13.2 Å². The van der Waals surface area contributed by atoms with Crippen molar-refractivity contribution in [2.45, 2.75) is 26.7 Å². The second-order valence-corrected chi connectivity index (χ2v) is 4.33. The summed E-state index contributed by atoms with van der Waals surface area (Å²) < 4.78 is 9.44. The lowest BCUT2D eigenvalue weighted by atomic mass is 10.1. The van der Waals surface area contributed by atoms with Crippen LogP contribution in [0.25, 0.3) is 0 Å². The summed E-state index contributed by atoms with van der Waals surface area (Å²) in [4.78, 5) is 43.3. The van der Waals surface area contributed by atoms with Crippen LogP contribution in [0.4, 0.5) is 0 Å². The number of hydrogen-bond donors (Lipinski definition) is 2. The predicted molar refractivity (Wildman–Crippen MR) is 64.8 cm³/mol. The molecule has 20 heavy (non-hydrogen) atoms.